The molecule has 1 fully saturated rings. The van der Waals surface area contributed by atoms with Crippen LogP contribution in [0.1, 0.15) is 26.2 Å². The van der Waals surface area contributed by atoms with Crippen molar-refractivity contribution in [1.29, 1.82) is 5.26 Å². The molecule has 1 aliphatic heterocycles. The van der Waals surface area contributed by atoms with Crippen LogP contribution in [-0.2, 0) is 14.3 Å². The largest absolute Gasteiger partial charge is 0.481 e. The zero-order chi connectivity index (χ0) is 10.6. The SMILES string of the molecule is C[C@H]1OC(CC#N)C[C@H](CC(=O)O)O1. The minimum absolute atomic E-state index is 0.0321. The topological polar surface area (TPSA) is 79.5 Å². The van der Waals surface area contributed by atoms with E-state index in [1.165, 1.54) is 0 Å². The van der Waals surface area contributed by atoms with E-state index in [0.717, 1.165) is 0 Å². The Labute approximate surface area is 82.2 Å². The van der Waals surface area contributed by atoms with Gasteiger partial charge in [-0.05, 0) is 6.92 Å². The smallest absolute Gasteiger partial charge is 0.305 e. The molecule has 0 amide bonds. The van der Waals surface area contributed by atoms with Gasteiger partial charge in [-0.1, -0.05) is 0 Å². The molecule has 14 heavy (non-hydrogen) atoms. The number of carboxylic acid groups (broad SMARTS) is 1. The Morgan fingerprint density at radius 2 is 2.21 bits per heavy atom. The van der Waals surface area contributed by atoms with Crippen LogP contribution in [0.3, 0.4) is 0 Å². The number of rotatable bonds is 3. The van der Waals surface area contributed by atoms with E-state index in [9.17, 15) is 4.79 Å². The van der Waals surface area contributed by atoms with Crippen LogP contribution in [0, 0.1) is 11.3 Å². The molecule has 1 heterocycles. The number of hydrogen-bond acceptors (Lipinski definition) is 4. The fourth-order valence-corrected chi connectivity index (χ4v) is 1.54. The molecule has 0 radical (unpaired) electrons. The van der Waals surface area contributed by atoms with E-state index in [4.69, 9.17) is 19.8 Å². The third-order valence-corrected chi connectivity index (χ3v) is 2.02. The van der Waals surface area contributed by atoms with Gasteiger partial charge in [0.15, 0.2) is 6.29 Å². The molecule has 78 valence electrons. The molecule has 0 aromatic carbocycles. The number of aliphatic carboxylic acids is 1. The van der Waals surface area contributed by atoms with Crippen LogP contribution in [0.2, 0.25) is 0 Å². The Bertz CT molecular complexity index is 248. The van der Waals surface area contributed by atoms with Crippen LogP contribution in [0.4, 0.5) is 0 Å². The van der Waals surface area contributed by atoms with Crippen molar-refractivity contribution in [1.82, 2.24) is 0 Å². The van der Waals surface area contributed by atoms with Gasteiger partial charge in [-0.2, -0.15) is 5.26 Å². The van der Waals surface area contributed by atoms with Crippen molar-refractivity contribution in [2.75, 3.05) is 0 Å². The molecule has 0 saturated carbocycles. The van der Waals surface area contributed by atoms with Crippen molar-refractivity contribution >= 4 is 5.97 Å². The molecular formula is C9H13NO4. The summed E-state index contributed by atoms with van der Waals surface area (Å²) in [6.07, 6.45) is -0.238. The highest BCUT2D eigenvalue weighted by molar-refractivity contribution is 5.67. The Morgan fingerprint density at radius 3 is 2.79 bits per heavy atom. The summed E-state index contributed by atoms with van der Waals surface area (Å²) in [5.74, 6) is -0.889. The second kappa shape index (κ2) is 4.94. The van der Waals surface area contributed by atoms with E-state index in [0.29, 0.717) is 6.42 Å². The number of ether oxygens (including phenoxy) is 2. The van der Waals surface area contributed by atoms with Gasteiger partial charge in [0.05, 0.1) is 31.1 Å². The Kier molecular flexibility index (Phi) is 3.86. The van der Waals surface area contributed by atoms with Crippen molar-refractivity contribution in [2.24, 2.45) is 0 Å². The maximum Gasteiger partial charge on any atom is 0.305 e. The normalized spacial score (nSPS) is 32.1. The fourth-order valence-electron chi connectivity index (χ4n) is 1.54. The predicted molar refractivity (Wildman–Crippen MR) is 46.3 cm³/mol. The predicted octanol–water partition coefficient (Wildman–Crippen LogP) is 0.895. The maximum absolute atomic E-state index is 10.5. The number of carbonyl (C=O) groups is 1. The molecule has 0 aromatic heterocycles. The molecule has 0 spiro atoms. The van der Waals surface area contributed by atoms with Crippen molar-refractivity contribution in [2.45, 2.75) is 44.7 Å². The molecule has 5 nitrogen and oxygen atoms in total. The highest BCUT2D eigenvalue weighted by Gasteiger charge is 2.28. The van der Waals surface area contributed by atoms with Crippen LogP contribution in [0.25, 0.3) is 0 Å². The van der Waals surface area contributed by atoms with Crippen molar-refractivity contribution in [3.8, 4) is 6.07 Å². The van der Waals surface area contributed by atoms with Gasteiger partial charge in [0.25, 0.3) is 0 Å². The van der Waals surface area contributed by atoms with Crippen molar-refractivity contribution in [3.63, 3.8) is 0 Å². The molecule has 1 rings (SSSR count). The zero-order valence-corrected chi connectivity index (χ0v) is 7.97. The molecule has 5 heteroatoms. The monoisotopic (exact) mass is 199 g/mol. The second-order valence-corrected chi connectivity index (χ2v) is 3.28. The summed E-state index contributed by atoms with van der Waals surface area (Å²) >= 11 is 0. The van der Waals surface area contributed by atoms with E-state index < -0.39 is 12.3 Å². The highest BCUT2D eigenvalue weighted by Crippen LogP contribution is 2.22. The van der Waals surface area contributed by atoms with Crippen LogP contribution in [0.5, 0.6) is 0 Å². The number of hydrogen-bond donors (Lipinski definition) is 1. The lowest BCUT2D eigenvalue weighted by Crippen LogP contribution is -2.37. The fraction of sp³-hybridized carbons (Fsp3) is 0.778. The van der Waals surface area contributed by atoms with E-state index in [1.807, 2.05) is 6.07 Å². The molecular weight excluding hydrogens is 186 g/mol. The van der Waals surface area contributed by atoms with Gasteiger partial charge >= 0.3 is 5.97 Å². The molecule has 0 aromatic rings. The lowest BCUT2D eigenvalue weighted by atomic mass is 10.1. The third kappa shape index (κ3) is 3.32. The zero-order valence-electron chi connectivity index (χ0n) is 7.97. The highest BCUT2D eigenvalue weighted by atomic mass is 16.7. The molecule has 1 aliphatic rings. The first-order valence-corrected chi connectivity index (χ1v) is 4.51. The third-order valence-electron chi connectivity index (χ3n) is 2.02. The van der Waals surface area contributed by atoms with Crippen molar-refractivity contribution < 1.29 is 19.4 Å². The van der Waals surface area contributed by atoms with Gasteiger partial charge < -0.3 is 14.6 Å². The number of nitrogens with zero attached hydrogens (tertiary/aromatic N) is 1. The molecule has 1 saturated heterocycles. The van der Waals surface area contributed by atoms with Gasteiger partial charge in [-0.25, -0.2) is 0 Å². The molecule has 0 bridgehead atoms. The Balaban J connectivity index is 2.46. The summed E-state index contributed by atoms with van der Waals surface area (Å²) in [6.45, 7) is 1.71. The quantitative estimate of drug-likeness (QED) is 0.730. The minimum atomic E-state index is -0.889. The van der Waals surface area contributed by atoms with Crippen LogP contribution in [0.15, 0.2) is 0 Å². The standard InChI is InChI=1S/C9H13NO4/c1-6-13-7(2-3-10)4-8(14-6)5-9(11)12/h6-8H,2,4-5H2,1H3,(H,11,12)/t6-,7?,8+/m0/s1. The second-order valence-electron chi connectivity index (χ2n) is 3.28. The van der Waals surface area contributed by atoms with E-state index in [-0.39, 0.29) is 25.0 Å². The summed E-state index contributed by atoms with van der Waals surface area (Å²) in [5.41, 5.74) is 0. The summed E-state index contributed by atoms with van der Waals surface area (Å²) in [4.78, 5) is 10.5. The summed E-state index contributed by atoms with van der Waals surface area (Å²) < 4.78 is 10.6. The lowest BCUT2D eigenvalue weighted by molar-refractivity contribution is -0.233. The van der Waals surface area contributed by atoms with E-state index in [1.54, 1.807) is 6.92 Å². The van der Waals surface area contributed by atoms with E-state index in [2.05, 4.69) is 0 Å². The van der Waals surface area contributed by atoms with Gasteiger partial charge in [0.1, 0.15) is 0 Å². The Morgan fingerprint density at radius 1 is 1.57 bits per heavy atom. The van der Waals surface area contributed by atoms with Crippen molar-refractivity contribution in [3.05, 3.63) is 0 Å². The summed E-state index contributed by atoms with van der Waals surface area (Å²) in [5, 5.41) is 17.1. The van der Waals surface area contributed by atoms with Gasteiger partial charge in [0.2, 0.25) is 0 Å². The first kappa shape index (κ1) is 11.0. The molecule has 1 N–H and O–H groups in total. The summed E-state index contributed by atoms with van der Waals surface area (Å²) in [7, 11) is 0. The van der Waals surface area contributed by atoms with Gasteiger partial charge in [-0.15, -0.1) is 0 Å². The summed E-state index contributed by atoms with van der Waals surface area (Å²) in [6, 6.07) is 2.00. The van der Waals surface area contributed by atoms with Crippen LogP contribution >= 0.6 is 0 Å². The first-order chi connectivity index (χ1) is 6.61. The van der Waals surface area contributed by atoms with Crippen LogP contribution < -0.4 is 0 Å². The molecule has 1 unspecified atom stereocenters. The average molecular weight is 199 g/mol. The van der Waals surface area contributed by atoms with Gasteiger partial charge in [0, 0.05) is 6.42 Å². The van der Waals surface area contributed by atoms with E-state index >= 15 is 0 Å². The maximum atomic E-state index is 10.5. The van der Waals surface area contributed by atoms with Crippen LogP contribution in [-0.4, -0.2) is 29.6 Å². The molecule has 3 atom stereocenters. The van der Waals surface area contributed by atoms with Gasteiger partial charge in [-0.3, -0.25) is 4.79 Å². The lowest BCUT2D eigenvalue weighted by Gasteiger charge is -2.32. The first-order valence-electron chi connectivity index (χ1n) is 4.51. The number of carboxylic acids is 1. The minimum Gasteiger partial charge on any atom is -0.481 e. The average Bonchev–Trinajstić information content (AvgIpc) is 2.01. The Hall–Kier alpha value is -1.12. The molecule has 0 aliphatic carbocycles. The number of nitriles is 1.